The summed E-state index contributed by atoms with van der Waals surface area (Å²) in [5.41, 5.74) is 1.95. The maximum atomic E-state index is 12.6. The third-order valence-electron chi connectivity index (χ3n) is 4.49. The quantitative estimate of drug-likeness (QED) is 0.452. The molecule has 0 saturated carbocycles. The number of carbonyl (C=O) groups is 3. The largest absolute Gasteiger partial charge is 0.460 e. The van der Waals surface area contributed by atoms with Crippen LogP contribution in [0, 0.1) is 12.8 Å². The van der Waals surface area contributed by atoms with Crippen LogP contribution in [-0.2, 0) is 30.8 Å². The van der Waals surface area contributed by atoms with Gasteiger partial charge in [0.1, 0.15) is 0 Å². The van der Waals surface area contributed by atoms with Crippen molar-refractivity contribution in [3.63, 3.8) is 0 Å². The number of fused-ring (bicyclic) bond motifs is 1. The lowest BCUT2D eigenvalue weighted by atomic mass is 10.00. The van der Waals surface area contributed by atoms with Crippen molar-refractivity contribution in [3.8, 4) is 0 Å². The molecule has 1 aliphatic carbocycles. The first kappa shape index (κ1) is 19.8. The number of hydrogen-bond donors (Lipinski definition) is 1. The molecule has 1 atom stereocenters. The summed E-state index contributed by atoms with van der Waals surface area (Å²) in [5, 5.41) is 0. The average Bonchev–Trinajstić information content (AvgIpc) is 2.97. The zero-order chi connectivity index (χ0) is 20.5. The van der Waals surface area contributed by atoms with Crippen LogP contribution in [0.15, 0.2) is 47.4 Å². The topological polar surface area (TPSA) is 107 Å². The SMILES string of the molecule is CCOC(=O)C(=O)C1Cc2ccc(NS(=O)(=O)c3ccc(C)cc3)cc2C1=O. The van der Waals surface area contributed by atoms with Crippen molar-refractivity contribution in [3.05, 3.63) is 59.2 Å². The molecule has 0 fully saturated rings. The zero-order valence-electron chi connectivity index (χ0n) is 15.4. The van der Waals surface area contributed by atoms with E-state index in [4.69, 9.17) is 0 Å². The number of sulfonamides is 1. The molecule has 7 nitrogen and oxygen atoms in total. The van der Waals surface area contributed by atoms with Crippen molar-refractivity contribution in [1.82, 2.24) is 0 Å². The number of hydrogen-bond acceptors (Lipinski definition) is 6. The second-order valence-corrected chi connectivity index (χ2v) is 8.18. The van der Waals surface area contributed by atoms with Crippen LogP contribution in [-0.4, -0.2) is 32.6 Å². The van der Waals surface area contributed by atoms with Gasteiger partial charge in [-0.15, -0.1) is 0 Å². The molecule has 1 aliphatic rings. The minimum absolute atomic E-state index is 0.0450. The van der Waals surface area contributed by atoms with Gasteiger partial charge in [0.25, 0.3) is 15.8 Å². The fraction of sp³-hybridized carbons (Fsp3) is 0.250. The fourth-order valence-electron chi connectivity index (χ4n) is 3.04. The minimum Gasteiger partial charge on any atom is -0.460 e. The van der Waals surface area contributed by atoms with E-state index in [1.165, 1.54) is 24.3 Å². The van der Waals surface area contributed by atoms with Gasteiger partial charge in [-0.2, -0.15) is 0 Å². The molecule has 0 aromatic heterocycles. The third kappa shape index (κ3) is 3.82. The summed E-state index contributed by atoms with van der Waals surface area (Å²) in [6.45, 7) is 3.47. The van der Waals surface area contributed by atoms with Crippen molar-refractivity contribution < 1.29 is 27.5 Å². The highest BCUT2D eigenvalue weighted by molar-refractivity contribution is 7.92. The molecule has 0 heterocycles. The first-order valence-corrected chi connectivity index (χ1v) is 10.2. The summed E-state index contributed by atoms with van der Waals surface area (Å²) in [6.07, 6.45) is 0.0941. The summed E-state index contributed by atoms with van der Waals surface area (Å²) >= 11 is 0. The molecule has 28 heavy (non-hydrogen) atoms. The molecule has 0 amide bonds. The second kappa shape index (κ2) is 7.55. The third-order valence-corrected chi connectivity index (χ3v) is 5.89. The van der Waals surface area contributed by atoms with Crippen LogP contribution in [0.2, 0.25) is 0 Å². The van der Waals surface area contributed by atoms with E-state index >= 15 is 0 Å². The standard InChI is InChI=1S/C20H19NO6S/c1-3-27-20(24)19(23)17-10-13-6-7-14(11-16(13)18(17)22)21-28(25,26)15-8-4-12(2)5-9-15/h4-9,11,17,21H,3,10H2,1-2H3. The average molecular weight is 401 g/mol. The van der Waals surface area contributed by atoms with Gasteiger partial charge in [0, 0.05) is 11.3 Å². The lowest BCUT2D eigenvalue weighted by Gasteiger charge is -2.09. The number of nitrogens with one attached hydrogen (secondary N) is 1. The number of aryl methyl sites for hydroxylation is 1. The number of ketones is 2. The fourth-order valence-corrected chi connectivity index (χ4v) is 4.08. The van der Waals surface area contributed by atoms with Crippen LogP contribution >= 0.6 is 0 Å². The number of rotatable bonds is 6. The summed E-state index contributed by atoms with van der Waals surface area (Å²) in [5.74, 6) is -3.55. The number of benzene rings is 2. The Balaban J connectivity index is 1.82. The Bertz CT molecular complexity index is 1060. The first-order chi connectivity index (χ1) is 13.2. The summed E-state index contributed by atoms with van der Waals surface area (Å²) in [4.78, 5) is 36.4. The van der Waals surface area contributed by atoms with Gasteiger partial charge >= 0.3 is 5.97 Å². The Morgan fingerprint density at radius 2 is 1.82 bits per heavy atom. The molecule has 2 aromatic carbocycles. The smallest absolute Gasteiger partial charge is 0.375 e. The lowest BCUT2D eigenvalue weighted by molar-refractivity contribution is -0.154. The van der Waals surface area contributed by atoms with E-state index in [9.17, 15) is 22.8 Å². The Hall–Kier alpha value is -3.00. The van der Waals surface area contributed by atoms with E-state index in [1.807, 2.05) is 6.92 Å². The molecule has 2 aromatic rings. The highest BCUT2D eigenvalue weighted by atomic mass is 32.2. The van der Waals surface area contributed by atoms with E-state index in [2.05, 4.69) is 9.46 Å². The summed E-state index contributed by atoms with van der Waals surface area (Å²) in [6, 6.07) is 10.8. The number of esters is 1. The van der Waals surface area contributed by atoms with Gasteiger partial charge in [-0.1, -0.05) is 23.8 Å². The number of Topliss-reactive ketones (excluding diaryl/α,β-unsaturated/α-hetero) is 2. The predicted molar refractivity (Wildman–Crippen MR) is 102 cm³/mol. The van der Waals surface area contributed by atoms with Crippen molar-refractivity contribution in [1.29, 1.82) is 0 Å². The second-order valence-electron chi connectivity index (χ2n) is 6.50. The molecule has 1 unspecified atom stereocenters. The highest BCUT2D eigenvalue weighted by Crippen LogP contribution is 2.30. The Morgan fingerprint density at radius 1 is 1.14 bits per heavy atom. The van der Waals surface area contributed by atoms with Crippen LogP contribution in [0.3, 0.4) is 0 Å². The number of anilines is 1. The van der Waals surface area contributed by atoms with Crippen molar-refractivity contribution in [2.75, 3.05) is 11.3 Å². The minimum atomic E-state index is -3.82. The predicted octanol–water partition coefficient (Wildman–Crippen LogP) is 2.28. The Morgan fingerprint density at radius 3 is 2.46 bits per heavy atom. The van der Waals surface area contributed by atoms with Crippen LogP contribution in [0.4, 0.5) is 5.69 Å². The lowest BCUT2D eigenvalue weighted by Crippen LogP contribution is -2.29. The van der Waals surface area contributed by atoms with E-state index in [1.54, 1.807) is 25.1 Å². The zero-order valence-corrected chi connectivity index (χ0v) is 16.2. The van der Waals surface area contributed by atoms with Gasteiger partial charge in [0.15, 0.2) is 5.78 Å². The van der Waals surface area contributed by atoms with Gasteiger partial charge in [-0.05, 0) is 50.1 Å². The molecule has 0 radical (unpaired) electrons. The summed E-state index contributed by atoms with van der Waals surface area (Å²) in [7, 11) is -3.82. The Labute approximate surface area is 162 Å². The van der Waals surface area contributed by atoms with Crippen LogP contribution in [0.1, 0.15) is 28.4 Å². The van der Waals surface area contributed by atoms with E-state index in [-0.39, 0.29) is 29.2 Å². The molecule has 0 bridgehead atoms. The molecule has 8 heteroatoms. The normalized spacial score (nSPS) is 15.8. The van der Waals surface area contributed by atoms with Gasteiger partial charge in [0.2, 0.25) is 0 Å². The Kier molecular flexibility index (Phi) is 5.33. The number of carbonyl (C=O) groups excluding carboxylic acids is 3. The molecular weight excluding hydrogens is 382 g/mol. The van der Waals surface area contributed by atoms with Crippen molar-refractivity contribution in [2.45, 2.75) is 25.2 Å². The molecule has 146 valence electrons. The van der Waals surface area contributed by atoms with Gasteiger partial charge in [0.05, 0.1) is 17.4 Å². The summed E-state index contributed by atoms with van der Waals surface area (Å²) < 4.78 is 32.1. The molecular formula is C20H19NO6S. The maximum Gasteiger partial charge on any atom is 0.375 e. The van der Waals surface area contributed by atoms with Crippen molar-refractivity contribution in [2.24, 2.45) is 5.92 Å². The molecule has 0 spiro atoms. The molecule has 0 saturated heterocycles. The van der Waals surface area contributed by atoms with Crippen LogP contribution in [0.5, 0.6) is 0 Å². The molecule has 3 rings (SSSR count). The molecule has 1 N–H and O–H groups in total. The van der Waals surface area contributed by atoms with E-state index in [0.717, 1.165) is 5.56 Å². The maximum absolute atomic E-state index is 12.6. The highest BCUT2D eigenvalue weighted by Gasteiger charge is 2.39. The van der Waals surface area contributed by atoms with Crippen LogP contribution in [0.25, 0.3) is 0 Å². The van der Waals surface area contributed by atoms with E-state index in [0.29, 0.717) is 5.56 Å². The number of ether oxygens (including phenoxy) is 1. The monoisotopic (exact) mass is 401 g/mol. The van der Waals surface area contributed by atoms with Gasteiger partial charge in [-0.3, -0.25) is 14.3 Å². The van der Waals surface area contributed by atoms with E-state index < -0.39 is 33.5 Å². The van der Waals surface area contributed by atoms with Gasteiger partial charge in [-0.25, -0.2) is 13.2 Å². The van der Waals surface area contributed by atoms with Crippen LogP contribution < -0.4 is 4.72 Å². The van der Waals surface area contributed by atoms with Gasteiger partial charge < -0.3 is 4.74 Å². The first-order valence-electron chi connectivity index (χ1n) is 8.70. The van der Waals surface area contributed by atoms with Crippen molar-refractivity contribution >= 4 is 33.2 Å². The molecule has 0 aliphatic heterocycles.